The maximum Gasteiger partial charge on any atom is 0.343 e. The largest absolute Gasteiger partial charge is 0.497 e. The Morgan fingerprint density at radius 3 is 2.56 bits per heavy atom. The topological polar surface area (TPSA) is 97.4 Å². The molecular formula is C28H22O8. The summed E-state index contributed by atoms with van der Waals surface area (Å²) in [4.78, 5) is 37.0. The van der Waals surface area contributed by atoms with Crippen LogP contribution < -0.4 is 18.9 Å². The van der Waals surface area contributed by atoms with Crippen molar-refractivity contribution in [2.75, 3.05) is 20.8 Å². The zero-order valence-corrected chi connectivity index (χ0v) is 19.6. The molecule has 0 saturated heterocycles. The Morgan fingerprint density at radius 1 is 1.00 bits per heavy atom. The molecule has 1 unspecified atom stereocenters. The van der Waals surface area contributed by atoms with E-state index in [1.165, 1.54) is 7.11 Å². The number of rotatable bonds is 6. The lowest BCUT2D eigenvalue weighted by Crippen LogP contribution is -2.21. The van der Waals surface area contributed by atoms with Crippen LogP contribution >= 0.6 is 0 Å². The molecule has 0 aromatic heterocycles. The minimum atomic E-state index is -0.507. The molecular weight excluding hydrogens is 464 g/mol. The van der Waals surface area contributed by atoms with E-state index in [1.54, 1.807) is 55.7 Å². The molecule has 0 radical (unpaired) electrons. The molecule has 182 valence electrons. The highest BCUT2D eigenvalue weighted by Gasteiger charge is 2.38. The van der Waals surface area contributed by atoms with Gasteiger partial charge in [0.05, 0.1) is 26.2 Å². The third-order valence-corrected chi connectivity index (χ3v) is 6.04. The van der Waals surface area contributed by atoms with Gasteiger partial charge in [-0.15, -0.1) is 0 Å². The van der Waals surface area contributed by atoms with E-state index < -0.39 is 17.9 Å². The summed E-state index contributed by atoms with van der Waals surface area (Å²) in [7, 11) is 2.87. The molecule has 0 amide bonds. The summed E-state index contributed by atoms with van der Waals surface area (Å²) in [6, 6.07) is 17.5. The monoisotopic (exact) mass is 486 g/mol. The third kappa shape index (κ3) is 4.40. The van der Waals surface area contributed by atoms with Crippen molar-refractivity contribution in [2.45, 2.75) is 12.3 Å². The summed E-state index contributed by atoms with van der Waals surface area (Å²) >= 11 is 0. The van der Waals surface area contributed by atoms with Gasteiger partial charge >= 0.3 is 11.9 Å². The highest BCUT2D eigenvalue weighted by atomic mass is 16.6. The maximum atomic E-state index is 13.2. The van der Waals surface area contributed by atoms with Crippen LogP contribution in [0.3, 0.4) is 0 Å². The van der Waals surface area contributed by atoms with Gasteiger partial charge in [0, 0.05) is 11.5 Å². The van der Waals surface area contributed by atoms with Crippen molar-refractivity contribution >= 4 is 23.8 Å². The molecule has 0 N–H and O–H groups in total. The van der Waals surface area contributed by atoms with Crippen LogP contribution in [0.15, 0.2) is 66.4 Å². The quantitative estimate of drug-likeness (QED) is 0.289. The number of ether oxygens (including phenoxy) is 5. The minimum absolute atomic E-state index is 0.0545. The van der Waals surface area contributed by atoms with Crippen molar-refractivity contribution in [3.63, 3.8) is 0 Å². The van der Waals surface area contributed by atoms with E-state index in [9.17, 15) is 14.4 Å². The molecule has 8 nitrogen and oxygen atoms in total. The van der Waals surface area contributed by atoms with Gasteiger partial charge in [-0.1, -0.05) is 24.3 Å². The van der Waals surface area contributed by atoms with Crippen molar-refractivity contribution in [1.29, 1.82) is 0 Å². The molecule has 3 aromatic carbocycles. The van der Waals surface area contributed by atoms with E-state index in [-0.39, 0.29) is 24.6 Å². The molecule has 36 heavy (non-hydrogen) atoms. The highest BCUT2D eigenvalue weighted by molar-refractivity contribution is 6.15. The van der Waals surface area contributed by atoms with Crippen LogP contribution in [0, 0.1) is 0 Å². The number of carbonyl (C=O) groups excluding carboxylic acids is 3. The molecule has 8 heteroatoms. The van der Waals surface area contributed by atoms with Gasteiger partial charge in [0.1, 0.15) is 23.0 Å². The molecule has 2 aliphatic rings. The van der Waals surface area contributed by atoms with Gasteiger partial charge in [-0.25, -0.2) is 4.79 Å². The second-order valence-electron chi connectivity index (χ2n) is 8.24. The van der Waals surface area contributed by atoms with E-state index in [4.69, 9.17) is 18.9 Å². The van der Waals surface area contributed by atoms with Crippen molar-refractivity contribution in [3.05, 3.63) is 88.7 Å². The van der Waals surface area contributed by atoms with Gasteiger partial charge < -0.3 is 23.7 Å². The first-order chi connectivity index (χ1) is 17.5. The van der Waals surface area contributed by atoms with Crippen LogP contribution in [0.2, 0.25) is 0 Å². The number of methoxy groups -OCH3 is 2. The molecule has 5 rings (SSSR count). The molecule has 2 aliphatic heterocycles. The Hall–Kier alpha value is -4.59. The molecule has 0 saturated carbocycles. The van der Waals surface area contributed by atoms with Crippen LogP contribution in [0.4, 0.5) is 0 Å². The van der Waals surface area contributed by atoms with Crippen LogP contribution in [0.1, 0.15) is 39.4 Å². The molecule has 0 fully saturated rings. The van der Waals surface area contributed by atoms with Crippen molar-refractivity contribution in [3.8, 4) is 23.0 Å². The SMILES string of the molecule is COC(=O)COc1cccc(C2CC(=O)Oc3ccc4c(c32)O/C(=C\c2ccc(OC)cc2)C4=O)c1. The van der Waals surface area contributed by atoms with Gasteiger partial charge in [-0.3, -0.25) is 9.59 Å². The number of Topliss-reactive ketones (excluding diaryl/α,β-unsaturated/α-hetero) is 1. The average molecular weight is 486 g/mol. The Balaban J connectivity index is 1.51. The van der Waals surface area contributed by atoms with Gasteiger partial charge in [-0.05, 0) is 53.6 Å². The van der Waals surface area contributed by atoms with Gasteiger partial charge in [0.2, 0.25) is 5.78 Å². The lowest BCUT2D eigenvalue weighted by molar-refractivity contribution is -0.143. The number of esters is 2. The first kappa shape index (κ1) is 23.2. The van der Waals surface area contributed by atoms with Crippen molar-refractivity contribution < 1.29 is 38.1 Å². The number of allylic oxidation sites excluding steroid dienone is 1. The molecule has 2 heterocycles. The zero-order chi connectivity index (χ0) is 25.2. The summed E-state index contributed by atoms with van der Waals surface area (Å²) < 4.78 is 26.9. The van der Waals surface area contributed by atoms with Gasteiger partial charge in [-0.2, -0.15) is 0 Å². The third-order valence-electron chi connectivity index (χ3n) is 6.04. The summed E-state index contributed by atoms with van der Waals surface area (Å²) in [6.07, 6.45) is 1.72. The van der Waals surface area contributed by atoms with Crippen LogP contribution in [0.5, 0.6) is 23.0 Å². The first-order valence-corrected chi connectivity index (χ1v) is 11.2. The fraction of sp³-hybridized carbons (Fsp3) is 0.179. The van der Waals surface area contributed by atoms with Crippen LogP contribution in [-0.4, -0.2) is 38.5 Å². The smallest absolute Gasteiger partial charge is 0.343 e. The summed E-state index contributed by atoms with van der Waals surface area (Å²) in [5.41, 5.74) is 2.55. The standard InChI is InChI=1S/C28H22O8/c1-32-18-8-6-16(7-9-18)12-23-27(31)20-10-11-22-26(28(20)36-23)21(14-24(29)35-22)17-4-3-5-19(13-17)34-15-25(30)33-2/h3-13,21H,14-15H2,1-2H3/b23-12-. The van der Waals surface area contributed by atoms with E-state index in [1.807, 2.05) is 18.2 Å². The Bertz CT molecular complexity index is 1390. The zero-order valence-electron chi connectivity index (χ0n) is 19.6. The molecule has 3 aromatic rings. The molecule has 0 bridgehead atoms. The fourth-order valence-corrected chi connectivity index (χ4v) is 4.26. The van der Waals surface area contributed by atoms with Crippen LogP contribution in [0.25, 0.3) is 6.08 Å². The number of hydrogen-bond acceptors (Lipinski definition) is 8. The number of hydrogen-bond donors (Lipinski definition) is 0. The highest BCUT2D eigenvalue weighted by Crippen LogP contribution is 2.49. The predicted molar refractivity (Wildman–Crippen MR) is 128 cm³/mol. The van der Waals surface area contributed by atoms with E-state index >= 15 is 0 Å². The van der Waals surface area contributed by atoms with E-state index in [2.05, 4.69) is 4.74 Å². The minimum Gasteiger partial charge on any atom is -0.497 e. The molecule has 1 atom stereocenters. The van der Waals surface area contributed by atoms with E-state index in [0.717, 1.165) is 11.1 Å². The number of benzene rings is 3. The van der Waals surface area contributed by atoms with Crippen molar-refractivity contribution in [2.24, 2.45) is 0 Å². The Morgan fingerprint density at radius 2 is 1.81 bits per heavy atom. The second kappa shape index (κ2) is 9.58. The van der Waals surface area contributed by atoms with Crippen molar-refractivity contribution in [1.82, 2.24) is 0 Å². The summed E-state index contributed by atoms with van der Waals surface area (Å²) in [5.74, 6) is 0.443. The average Bonchev–Trinajstić information content (AvgIpc) is 3.22. The Labute approximate surface area is 207 Å². The lowest BCUT2D eigenvalue weighted by atomic mass is 9.84. The normalized spacial score (nSPS) is 17.1. The van der Waals surface area contributed by atoms with E-state index in [0.29, 0.717) is 34.1 Å². The lowest BCUT2D eigenvalue weighted by Gasteiger charge is -2.26. The Kier molecular flexibility index (Phi) is 6.16. The van der Waals surface area contributed by atoms with Gasteiger partial charge in [0.15, 0.2) is 12.4 Å². The number of ketones is 1. The van der Waals surface area contributed by atoms with Gasteiger partial charge in [0.25, 0.3) is 0 Å². The second-order valence-corrected chi connectivity index (χ2v) is 8.24. The first-order valence-electron chi connectivity index (χ1n) is 11.2. The molecule has 0 spiro atoms. The van der Waals surface area contributed by atoms with Crippen LogP contribution in [-0.2, 0) is 14.3 Å². The number of fused-ring (bicyclic) bond motifs is 3. The maximum absolute atomic E-state index is 13.2. The number of carbonyl (C=O) groups is 3. The molecule has 0 aliphatic carbocycles. The fourth-order valence-electron chi connectivity index (χ4n) is 4.26. The summed E-state index contributed by atoms with van der Waals surface area (Å²) in [6.45, 7) is -0.240. The summed E-state index contributed by atoms with van der Waals surface area (Å²) in [5, 5.41) is 0. The predicted octanol–water partition coefficient (Wildman–Crippen LogP) is 4.30.